The molecule has 0 atom stereocenters. The lowest BCUT2D eigenvalue weighted by molar-refractivity contribution is 0.102. The van der Waals surface area contributed by atoms with E-state index in [1.54, 1.807) is 16.9 Å². The van der Waals surface area contributed by atoms with Crippen molar-refractivity contribution >= 4 is 34.7 Å². The lowest BCUT2D eigenvalue weighted by atomic mass is 10.2. The number of carbonyl (C=O) groups excluding carboxylic acids is 1. The molecule has 0 saturated heterocycles. The van der Waals surface area contributed by atoms with Crippen LogP contribution < -0.4 is 5.32 Å². The Labute approximate surface area is 171 Å². The van der Waals surface area contributed by atoms with Gasteiger partial charge in [-0.1, -0.05) is 60.1 Å². The van der Waals surface area contributed by atoms with Crippen molar-refractivity contribution < 1.29 is 4.79 Å². The Morgan fingerprint density at radius 3 is 2.64 bits per heavy atom. The maximum atomic E-state index is 12.8. The van der Waals surface area contributed by atoms with Crippen LogP contribution in [-0.2, 0) is 6.54 Å². The summed E-state index contributed by atoms with van der Waals surface area (Å²) in [4.78, 5) is 18.0. The van der Waals surface area contributed by atoms with Gasteiger partial charge >= 0.3 is 0 Å². The molecule has 0 aliphatic carbocycles. The van der Waals surface area contributed by atoms with Crippen molar-refractivity contribution in [2.24, 2.45) is 0 Å². The van der Waals surface area contributed by atoms with Gasteiger partial charge in [-0.25, -0.2) is 9.67 Å². The molecule has 7 heteroatoms. The lowest BCUT2D eigenvalue weighted by Crippen LogP contribution is -2.16. The number of nitrogens with one attached hydrogen (secondary N) is 1. The molecule has 140 valence electrons. The summed E-state index contributed by atoms with van der Waals surface area (Å²) in [5.74, 6) is 0.414. The summed E-state index contributed by atoms with van der Waals surface area (Å²) in [6, 6.07) is 19.2. The van der Waals surface area contributed by atoms with E-state index in [0.29, 0.717) is 28.0 Å². The number of benzene rings is 2. The first-order chi connectivity index (χ1) is 13.6. The van der Waals surface area contributed by atoms with E-state index >= 15 is 0 Å². The van der Waals surface area contributed by atoms with Crippen molar-refractivity contribution in [1.82, 2.24) is 14.8 Å². The van der Waals surface area contributed by atoms with Crippen LogP contribution in [-0.4, -0.2) is 20.7 Å². The maximum Gasteiger partial charge on any atom is 0.268 e. The van der Waals surface area contributed by atoms with Crippen molar-refractivity contribution in [2.75, 3.05) is 5.32 Å². The summed E-state index contributed by atoms with van der Waals surface area (Å²) in [5, 5.41) is 8.74. The molecule has 5 nitrogen and oxygen atoms in total. The van der Waals surface area contributed by atoms with Gasteiger partial charge in [-0.05, 0) is 18.6 Å². The van der Waals surface area contributed by atoms with Gasteiger partial charge in [0.25, 0.3) is 5.91 Å². The molecule has 0 radical (unpaired) electrons. The molecule has 0 bridgehead atoms. The normalized spacial score (nSPS) is 10.8. The van der Waals surface area contributed by atoms with Crippen LogP contribution in [0.5, 0.6) is 0 Å². The molecule has 4 aromatic rings. The third-order valence-electron chi connectivity index (χ3n) is 4.26. The van der Waals surface area contributed by atoms with E-state index in [0.717, 1.165) is 16.1 Å². The number of carbonyl (C=O) groups is 1. The zero-order chi connectivity index (χ0) is 19.5. The number of rotatable bonds is 5. The average Bonchev–Trinajstić information content (AvgIpc) is 3.31. The average molecular weight is 409 g/mol. The van der Waals surface area contributed by atoms with Gasteiger partial charge in [-0.3, -0.25) is 4.79 Å². The molecule has 28 heavy (non-hydrogen) atoms. The third kappa shape index (κ3) is 3.83. The van der Waals surface area contributed by atoms with Crippen LogP contribution in [0.15, 0.2) is 66.9 Å². The largest absolute Gasteiger partial charge is 0.306 e. The molecule has 2 aromatic heterocycles. The number of aryl methyl sites for hydroxylation is 1. The van der Waals surface area contributed by atoms with Crippen molar-refractivity contribution in [2.45, 2.75) is 13.5 Å². The van der Waals surface area contributed by atoms with Crippen molar-refractivity contribution in [3.63, 3.8) is 0 Å². The van der Waals surface area contributed by atoms with E-state index in [9.17, 15) is 4.79 Å². The standard InChI is InChI=1S/C21H17ClN4OS/c1-14-19(28-21(24-14)15-7-3-2-4-8-15)20(27)25-18-11-12-23-26(18)13-16-9-5-6-10-17(16)22/h2-12H,13H2,1H3,(H,25,27). The smallest absolute Gasteiger partial charge is 0.268 e. The van der Waals surface area contributed by atoms with Crippen LogP contribution in [0, 0.1) is 6.92 Å². The van der Waals surface area contributed by atoms with E-state index in [4.69, 9.17) is 11.6 Å². The number of halogens is 1. The molecular formula is C21H17ClN4OS. The van der Waals surface area contributed by atoms with E-state index in [1.165, 1.54) is 11.3 Å². The number of hydrogen-bond donors (Lipinski definition) is 1. The van der Waals surface area contributed by atoms with Gasteiger partial charge in [-0.15, -0.1) is 11.3 Å². The molecular weight excluding hydrogens is 392 g/mol. The molecule has 4 rings (SSSR count). The quantitative estimate of drug-likeness (QED) is 0.489. The Morgan fingerprint density at radius 1 is 1.11 bits per heavy atom. The number of amides is 1. The SMILES string of the molecule is Cc1nc(-c2ccccc2)sc1C(=O)Nc1ccnn1Cc1ccccc1Cl. The van der Waals surface area contributed by atoms with Crippen LogP contribution in [0.2, 0.25) is 5.02 Å². The van der Waals surface area contributed by atoms with Crippen molar-refractivity contribution in [3.05, 3.63) is 88.0 Å². The number of anilines is 1. The molecule has 0 aliphatic heterocycles. The Hall–Kier alpha value is -2.96. The van der Waals surface area contributed by atoms with E-state index in [2.05, 4.69) is 15.4 Å². The Kier molecular flexibility index (Phi) is 5.23. The van der Waals surface area contributed by atoms with Gasteiger partial charge in [0, 0.05) is 16.7 Å². The molecule has 0 spiro atoms. The number of hydrogen-bond acceptors (Lipinski definition) is 4. The fourth-order valence-corrected chi connectivity index (χ4v) is 4.00. The summed E-state index contributed by atoms with van der Waals surface area (Å²) < 4.78 is 1.72. The van der Waals surface area contributed by atoms with Gasteiger partial charge in [-0.2, -0.15) is 5.10 Å². The summed E-state index contributed by atoms with van der Waals surface area (Å²) in [5.41, 5.74) is 2.64. The highest BCUT2D eigenvalue weighted by atomic mass is 35.5. The van der Waals surface area contributed by atoms with Gasteiger partial charge in [0.05, 0.1) is 18.4 Å². The van der Waals surface area contributed by atoms with Gasteiger partial charge in [0.2, 0.25) is 0 Å². The molecule has 0 saturated carbocycles. The van der Waals surface area contributed by atoms with E-state index < -0.39 is 0 Å². The summed E-state index contributed by atoms with van der Waals surface area (Å²) >= 11 is 7.62. The monoisotopic (exact) mass is 408 g/mol. The molecule has 2 heterocycles. The second kappa shape index (κ2) is 7.96. The molecule has 1 N–H and O–H groups in total. The highest BCUT2D eigenvalue weighted by molar-refractivity contribution is 7.17. The summed E-state index contributed by atoms with van der Waals surface area (Å²) in [6.45, 7) is 2.32. The predicted octanol–water partition coefficient (Wildman–Crippen LogP) is 5.27. The number of thiazole rings is 1. The number of aromatic nitrogens is 3. The first-order valence-electron chi connectivity index (χ1n) is 8.71. The lowest BCUT2D eigenvalue weighted by Gasteiger charge is -2.09. The highest BCUT2D eigenvalue weighted by Crippen LogP contribution is 2.28. The molecule has 1 amide bonds. The van der Waals surface area contributed by atoms with Crippen LogP contribution >= 0.6 is 22.9 Å². The van der Waals surface area contributed by atoms with Gasteiger partial charge < -0.3 is 5.32 Å². The fraction of sp³-hybridized carbons (Fsp3) is 0.0952. The topological polar surface area (TPSA) is 59.8 Å². The maximum absolute atomic E-state index is 12.8. The minimum absolute atomic E-state index is 0.196. The molecule has 0 unspecified atom stereocenters. The van der Waals surface area contributed by atoms with Gasteiger partial charge in [0.1, 0.15) is 15.7 Å². The van der Waals surface area contributed by atoms with Crippen LogP contribution in [0.4, 0.5) is 5.82 Å². The van der Waals surface area contributed by atoms with Crippen molar-refractivity contribution in [3.8, 4) is 10.6 Å². The Bertz CT molecular complexity index is 1120. The molecule has 2 aromatic carbocycles. The fourth-order valence-electron chi connectivity index (χ4n) is 2.84. The van der Waals surface area contributed by atoms with E-state index in [-0.39, 0.29) is 5.91 Å². The van der Waals surface area contributed by atoms with Crippen LogP contribution in [0.3, 0.4) is 0 Å². The van der Waals surface area contributed by atoms with Crippen LogP contribution in [0.1, 0.15) is 20.9 Å². The zero-order valence-electron chi connectivity index (χ0n) is 15.1. The van der Waals surface area contributed by atoms with Crippen molar-refractivity contribution in [1.29, 1.82) is 0 Å². The second-order valence-corrected chi connectivity index (χ2v) is 7.63. The predicted molar refractivity (Wildman–Crippen MR) is 113 cm³/mol. The minimum Gasteiger partial charge on any atom is -0.306 e. The van der Waals surface area contributed by atoms with E-state index in [1.807, 2.05) is 61.5 Å². The first kappa shape index (κ1) is 18.4. The zero-order valence-corrected chi connectivity index (χ0v) is 16.7. The minimum atomic E-state index is -0.196. The molecule has 0 fully saturated rings. The summed E-state index contributed by atoms with van der Waals surface area (Å²) in [6.07, 6.45) is 1.65. The summed E-state index contributed by atoms with van der Waals surface area (Å²) in [7, 11) is 0. The Morgan fingerprint density at radius 2 is 1.86 bits per heavy atom. The first-order valence-corrected chi connectivity index (χ1v) is 9.90. The number of nitrogens with zero attached hydrogens (tertiary/aromatic N) is 3. The third-order valence-corrected chi connectivity index (χ3v) is 5.83. The Balaban J connectivity index is 1.55. The molecule has 0 aliphatic rings. The van der Waals surface area contributed by atoms with Gasteiger partial charge in [0.15, 0.2) is 0 Å². The second-order valence-electron chi connectivity index (χ2n) is 6.22. The highest BCUT2D eigenvalue weighted by Gasteiger charge is 2.18. The van der Waals surface area contributed by atoms with Crippen LogP contribution in [0.25, 0.3) is 10.6 Å².